The predicted molar refractivity (Wildman–Crippen MR) is 79.5 cm³/mol. The standard InChI is InChI=1S/C16H22N2O/c1-16(10-2-3-11-16)12-18-15(19)9-6-13-4-7-14(17)8-5-13/h4-9H,2-3,10-12,17H2,1H3,(H,18,19)/b9-6+. The average molecular weight is 258 g/mol. The summed E-state index contributed by atoms with van der Waals surface area (Å²) in [5, 5.41) is 3.00. The Bertz CT molecular complexity index is 456. The molecule has 3 N–H and O–H groups in total. The fraction of sp³-hybridized carbons (Fsp3) is 0.438. The van der Waals surface area contributed by atoms with Crippen molar-refractivity contribution >= 4 is 17.7 Å². The van der Waals surface area contributed by atoms with Gasteiger partial charge in [-0.15, -0.1) is 0 Å². The molecule has 19 heavy (non-hydrogen) atoms. The third-order valence-corrected chi connectivity index (χ3v) is 3.86. The van der Waals surface area contributed by atoms with Crippen LogP contribution in [-0.2, 0) is 4.79 Å². The minimum atomic E-state index is -0.0232. The maximum Gasteiger partial charge on any atom is 0.244 e. The number of benzene rings is 1. The monoisotopic (exact) mass is 258 g/mol. The Hall–Kier alpha value is -1.77. The van der Waals surface area contributed by atoms with E-state index < -0.39 is 0 Å². The number of amides is 1. The van der Waals surface area contributed by atoms with Crippen LogP contribution >= 0.6 is 0 Å². The van der Waals surface area contributed by atoms with Crippen molar-refractivity contribution in [1.29, 1.82) is 0 Å². The number of nitrogens with two attached hydrogens (primary N) is 1. The van der Waals surface area contributed by atoms with Gasteiger partial charge in [0.05, 0.1) is 0 Å². The van der Waals surface area contributed by atoms with Gasteiger partial charge in [0, 0.05) is 18.3 Å². The van der Waals surface area contributed by atoms with E-state index >= 15 is 0 Å². The van der Waals surface area contributed by atoms with Gasteiger partial charge in [0.15, 0.2) is 0 Å². The van der Waals surface area contributed by atoms with Crippen LogP contribution in [0.4, 0.5) is 5.69 Å². The maximum absolute atomic E-state index is 11.8. The van der Waals surface area contributed by atoms with E-state index in [9.17, 15) is 4.79 Å². The van der Waals surface area contributed by atoms with Crippen molar-refractivity contribution < 1.29 is 4.79 Å². The molecule has 0 heterocycles. The molecule has 1 fully saturated rings. The molecule has 0 saturated heterocycles. The lowest BCUT2D eigenvalue weighted by Crippen LogP contribution is -2.33. The summed E-state index contributed by atoms with van der Waals surface area (Å²) in [5.74, 6) is -0.0232. The number of nitrogen functional groups attached to an aromatic ring is 1. The second kappa shape index (κ2) is 5.91. The highest BCUT2D eigenvalue weighted by molar-refractivity contribution is 5.91. The molecule has 0 atom stereocenters. The van der Waals surface area contributed by atoms with Gasteiger partial charge in [-0.05, 0) is 42.0 Å². The number of carbonyl (C=O) groups excluding carboxylic acids is 1. The summed E-state index contributed by atoms with van der Waals surface area (Å²) < 4.78 is 0. The Morgan fingerprint density at radius 1 is 1.32 bits per heavy atom. The molecule has 102 valence electrons. The number of rotatable bonds is 4. The van der Waals surface area contributed by atoms with Crippen LogP contribution in [-0.4, -0.2) is 12.5 Å². The summed E-state index contributed by atoms with van der Waals surface area (Å²) in [4.78, 5) is 11.8. The van der Waals surface area contributed by atoms with E-state index in [1.165, 1.54) is 25.7 Å². The first-order valence-electron chi connectivity index (χ1n) is 6.89. The van der Waals surface area contributed by atoms with E-state index in [0.29, 0.717) is 5.41 Å². The fourth-order valence-electron chi connectivity index (χ4n) is 2.54. The second-order valence-corrected chi connectivity index (χ2v) is 5.74. The highest BCUT2D eigenvalue weighted by Crippen LogP contribution is 2.36. The Labute approximate surface area is 114 Å². The molecule has 1 amide bonds. The molecule has 0 unspecified atom stereocenters. The molecule has 0 radical (unpaired) electrons. The highest BCUT2D eigenvalue weighted by Gasteiger charge is 2.28. The lowest BCUT2D eigenvalue weighted by Gasteiger charge is -2.23. The second-order valence-electron chi connectivity index (χ2n) is 5.74. The number of carbonyl (C=O) groups is 1. The third-order valence-electron chi connectivity index (χ3n) is 3.86. The summed E-state index contributed by atoms with van der Waals surface area (Å²) in [7, 11) is 0. The normalized spacial score (nSPS) is 17.7. The van der Waals surface area contributed by atoms with Crippen molar-refractivity contribution in [3.63, 3.8) is 0 Å². The largest absolute Gasteiger partial charge is 0.399 e. The van der Waals surface area contributed by atoms with E-state index in [4.69, 9.17) is 5.73 Å². The minimum Gasteiger partial charge on any atom is -0.399 e. The Morgan fingerprint density at radius 2 is 1.95 bits per heavy atom. The molecular weight excluding hydrogens is 236 g/mol. The highest BCUT2D eigenvalue weighted by atomic mass is 16.1. The van der Waals surface area contributed by atoms with Crippen LogP contribution < -0.4 is 11.1 Å². The zero-order chi connectivity index (χ0) is 13.7. The molecule has 1 saturated carbocycles. The van der Waals surface area contributed by atoms with Gasteiger partial charge in [-0.2, -0.15) is 0 Å². The molecule has 1 aliphatic carbocycles. The summed E-state index contributed by atoms with van der Waals surface area (Å²) in [6.07, 6.45) is 8.40. The Kier molecular flexibility index (Phi) is 4.25. The van der Waals surface area contributed by atoms with Crippen molar-refractivity contribution in [1.82, 2.24) is 5.32 Å². The first-order chi connectivity index (χ1) is 9.07. The molecule has 3 heteroatoms. The van der Waals surface area contributed by atoms with E-state index in [0.717, 1.165) is 17.8 Å². The number of hydrogen-bond donors (Lipinski definition) is 2. The Morgan fingerprint density at radius 3 is 2.58 bits per heavy atom. The predicted octanol–water partition coefficient (Wildman–Crippen LogP) is 2.98. The molecule has 0 spiro atoms. The molecule has 1 aliphatic rings. The summed E-state index contributed by atoms with van der Waals surface area (Å²) >= 11 is 0. The lowest BCUT2D eigenvalue weighted by atomic mass is 9.89. The van der Waals surface area contributed by atoms with Crippen molar-refractivity contribution in [2.45, 2.75) is 32.6 Å². The molecular formula is C16H22N2O. The van der Waals surface area contributed by atoms with E-state index in [1.54, 1.807) is 6.08 Å². The summed E-state index contributed by atoms with van der Waals surface area (Å²) in [6.45, 7) is 3.03. The van der Waals surface area contributed by atoms with E-state index in [1.807, 2.05) is 30.3 Å². The van der Waals surface area contributed by atoms with Crippen LogP contribution in [0.15, 0.2) is 30.3 Å². The molecule has 3 nitrogen and oxygen atoms in total. The van der Waals surface area contributed by atoms with Gasteiger partial charge in [0.2, 0.25) is 5.91 Å². The van der Waals surface area contributed by atoms with Gasteiger partial charge in [-0.3, -0.25) is 4.79 Å². The lowest BCUT2D eigenvalue weighted by molar-refractivity contribution is -0.116. The minimum absolute atomic E-state index is 0.0232. The van der Waals surface area contributed by atoms with Crippen LogP contribution in [0.5, 0.6) is 0 Å². The average Bonchev–Trinajstić information content (AvgIpc) is 2.83. The Balaban J connectivity index is 1.82. The zero-order valence-electron chi connectivity index (χ0n) is 11.5. The fourth-order valence-corrected chi connectivity index (χ4v) is 2.54. The van der Waals surface area contributed by atoms with Crippen LogP contribution in [0.25, 0.3) is 6.08 Å². The molecule has 0 aliphatic heterocycles. The van der Waals surface area contributed by atoms with Crippen LogP contribution in [0.3, 0.4) is 0 Å². The smallest absolute Gasteiger partial charge is 0.244 e. The van der Waals surface area contributed by atoms with Crippen LogP contribution in [0.1, 0.15) is 38.2 Å². The molecule has 0 aromatic heterocycles. The van der Waals surface area contributed by atoms with E-state index in [2.05, 4.69) is 12.2 Å². The number of hydrogen-bond acceptors (Lipinski definition) is 2. The van der Waals surface area contributed by atoms with Crippen LogP contribution in [0.2, 0.25) is 0 Å². The third kappa shape index (κ3) is 4.12. The maximum atomic E-state index is 11.8. The quantitative estimate of drug-likeness (QED) is 0.644. The molecule has 1 aromatic carbocycles. The van der Waals surface area contributed by atoms with Gasteiger partial charge >= 0.3 is 0 Å². The van der Waals surface area contributed by atoms with E-state index in [-0.39, 0.29) is 5.91 Å². The van der Waals surface area contributed by atoms with Gasteiger partial charge in [-0.25, -0.2) is 0 Å². The zero-order valence-corrected chi connectivity index (χ0v) is 11.5. The van der Waals surface area contributed by atoms with Crippen LogP contribution in [0, 0.1) is 5.41 Å². The molecule has 2 rings (SSSR count). The SMILES string of the molecule is CC1(CNC(=O)/C=C/c2ccc(N)cc2)CCCC1. The molecule has 1 aromatic rings. The molecule has 0 bridgehead atoms. The van der Waals surface area contributed by atoms with Gasteiger partial charge in [-0.1, -0.05) is 31.9 Å². The first-order valence-corrected chi connectivity index (χ1v) is 6.89. The van der Waals surface area contributed by atoms with Gasteiger partial charge < -0.3 is 11.1 Å². The van der Waals surface area contributed by atoms with Gasteiger partial charge in [0.1, 0.15) is 0 Å². The number of anilines is 1. The van der Waals surface area contributed by atoms with Crippen molar-refractivity contribution in [2.24, 2.45) is 5.41 Å². The van der Waals surface area contributed by atoms with Crippen molar-refractivity contribution in [2.75, 3.05) is 12.3 Å². The first kappa shape index (κ1) is 13.7. The van der Waals surface area contributed by atoms with Crippen molar-refractivity contribution in [3.05, 3.63) is 35.9 Å². The summed E-state index contributed by atoms with van der Waals surface area (Å²) in [6, 6.07) is 7.46. The van der Waals surface area contributed by atoms with Crippen molar-refractivity contribution in [3.8, 4) is 0 Å². The number of nitrogens with one attached hydrogen (secondary N) is 1. The topological polar surface area (TPSA) is 55.1 Å². The van der Waals surface area contributed by atoms with Gasteiger partial charge in [0.25, 0.3) is 0 Å². The summed E-state index contributed by atoms with van der Waals surface area (Å²) in [5.41, 5.74) is 7.62.